The van der Waals surface area contributed by atoms with Gasteiger partial charge in [-0.3, -0.25) is 0 Å². The number of aromatic nitrogens is 1. The van der Waals surface area contributed by atoms with Gasteiger partial charge in [-0.15, -0.1) is 0 Å². The molecule has 13 heavy (non-hydrogen) atoms. The summed E-state index contributed by atoms with van der Waals surface area (Å²) in [6, 6.07) is 1.71. The third kappa shape index (κ3) is 1.52. The molecule has 0 aliphatic rings. The largest absolute Gasteiger partial charge is 0.618 e. The van der Waals surface area contributed by atoms with E-state index in [1.54, 1.807) is 19.9 Å². The highest BCUT2D eigenvalue weighted by molar-refractivity contribution is 5.35. The van der Waals surface area contributed by atoms with E-state index in [1.165, 1.54) is 14.2 Å². The molecular formula is C9H13NO3. The van der Waals surface area contributed by atoms with E-state index in [2.05, 4.69) is 0 Å². The fourth-order valence-corrected chi connectivity index (χ4v) is 1.19. The molecule has 0 saturated heterocycles. The van der Waals surface area contributed by atoms with E-state index < -0.39 is 0 Å². The van der Waals surface area contributed by atoms with Gasteiger partial charge in [-0.1, -0.05) is 0 Å². The van der Waals surface area contributed by atoms with Crippen LogP contribution in [-0.4, -0.2) is 14.2 Å². The summed E-state index contributed by atoms with van der Waals surface area (Å²) < 4.78 is 10.8. The van der Waals surface area contributed by atoms with Crippen LogP contribution in [0.5, 0.6) is 11.5 Å². The third-order valence-corrected chi connectivity index (χ3v) is 2.02. The van der Waals surface area contributed by atoms with E-state index in [1.807, 2.05) is 0 Å². The van der Waals surface area contributed by atoms with Crippen molar-refractivity contribution >= 4 is 0 Å². The maximum absolute atomic E-state index is 11.5. The summed E-state index contributed by atoms with van der Waals surface area (Å²) in [6.07, 6.45) is 0. The van der Waals surface area contributed by atoms with Crippen LogP contribution < -0.4 is 14.2 Å². The monoisotopic (exact) mass is 183 g/mol. The van der Waals surface area contributed by atoms with Crippen molar-refractivity contribution in [2.24, 2.45) is 0 Å². The van der Waals surface area contributed by atoms with Crippen molar-refractivity contribution in [2.45, 2.75) is 13.8 Å². The molecule has 0 saturated carbocycles. The molecule has 0 aliphatic carbocycles. The van der Waals surface area contributed by atoms with Crippen LogP contribution in [0, 0.1) is 19.1 Å². The number of rotatable bonds is 2. The van der Waals surface area contributed by atoms with Gasteiger partial charge in [0.05, 0.1) is 14.2 Å². The third-order valence-electron chi connectivity index (χ3n) is 2.02. The first-order valence-corrected chi connectivity index (χ1v) is 3.93. The minimum absolute atomic E-state index is 0.539. The maximum atomic E-state index is 11.5. The fraction of sp³-hybridized carbons (Fsp3) is 0.444. The molecule has 72 valence electrons. The van der Waals surface area contributed by atoms with Crippen molar-refractivity contribution in [3.8, 4) is 11.5 Å². The molecule has 0 N–H and O–H groups in total. The molecule has 0 amide bonds. The molecule has 4 nitrogen and oxygen atoms in total. The Morgan fingerprint density at radius 3 is 1.77 bits per heavy atom. The number of methoxy groups -OCH3 is 2. The lowest BCUT2D eigenvalue weighted by Gasteiger charge is -2.11. The van der Waals surface area contributed by atoms with Gasteiger partial charge in [-0.2, -0.15) is 4.73 Å². The zero-order valence-corrected chi connectivity index (χ0v) is 8.25. The lowest BCUT2D eigenvalue weighted by atomic mass is 10.3. The summed E-state index contributed by atoms with van der Waals surface area (Å²) in [5.41, 5.74) is 1.08. The summed E-state index contributed by atoms with van der Waals surface area (Å²) in [4.78, 5) is 0. The molecule has 0 fully saturated rings. The molecule has 0 spiro atoms. The van der Waals surface area contributed by atoms with Crippen molar-refractivity contribution in [3.05, 3.63) is 22.7 Å². The Morgan fingerprint density at radius 1 is 1.08 bits per heavy atom. The summed E-state index contributed by atoms with van der Waals surface area (Å²) in [5, 5.41) is 11.5. The average Bonchev–Trinajstić information content (AvgIpc) is 2.15. The van der Waals surface area contributed by atoms with Gasteiger partial charge in [-0.25, -0.2) is 0 Å². The van der Waals surface area contributed by atoms with E-state index in [0.717, 1.165) is 4.73 Å². The van der Waals surface area contributed by atoms with Crippen LogP contribution in [0.3, 0.4) is 0 Å². The highest BCUT2D eigenvalue weighted by Gasteiger charge is 2.16. The Bertz CT molecular complexity index is 295. The van der Waals surface area contributed by atoms with Gasteiger partial charge < -0.3 is 14.7 Å². The van der Waals surface area contributed by atoms with E-state index >= 15 is 0 Å². The van der Waals surface area contributed by atoms with Gasteiger partial charge in [0.15, 0.2) is 11.5 Å². The Hall–Kier alpha value is -1.45. The predicted octanol–water partition coefficient (Wildman–Crippen LogP) is 0.954. The van der Waals surface area contributed by atoms with Gasteiger partial charge in [-0.05, 0) is 0 Å². The Kier molecular flexibility index (Phi) is 2.60. The number of hydrogen-bond acceptors (Lipinski definition) is 3. The highest BCUT2D eigenvalue weighted by Crippen LogP contribution is 2.23. The number of nitrogens with zero attached hydrogens (tertiary/aromatic N) is 1. The average molecular weight is 183 g/mol. The Morgan fingerprint density at radius 2 is 1.46 bits per heavy atom. The number of ether oxygens (including phenoxy) is 2. The van der Waals surface area contributed by atoms with Gasteiger partial charge in [0.25, 0.3) is 0 Å². The molecule has 1 rings (SSSR count). The van der Waals surface area contributed by atoms with E-state index in [9.17, 15) is 5.21 Å². The van der Waals surface area contributed by atoms with Crippen molar-refractivity contribution < 1.29 is 14.2 Å². The summed E-state index contributed by atoms with van der Waals surface area (Å²) in [5.74, 6) is 1.08. The molecule has 1 heterocycles. The smallest absolute Gasteiger partial charge is 0.232 e. The Labute approximate surface area is 77.3 Å². The van der Waals surface area contributed by atoms with Crippen molar-refractivity contribution in [1.29, 1.82) is 0 Å². The van der Waals surface area contributed by atoms with Crippen LogP contribution in [0.25, 0.3) is 0 Å². The quantitative estimate of drug-likeness (QED) is 0.506. The molecule has 0 bridgehead atoms. The van der Waals surface area contributed by atoms with E-state index in [-0.39, 0.29) is 0 Å². The standard InChI is InChI=1S/C9H13NO3/c1-6-8(12-3)5-9(13-4)7(2)10(6)11/h5H,1-4H3. The van der Waals surface area contributed by atoms with Crippen molar-refractivity contribution in [1.82, 2.24) is 0 Å². The van der Waals surface area contributed by atoms with Gasteiger partial charge in [0, 0.05) is 19.9 Å². The molecule has 1 aromatic heterocycles. The minimum Gasteiger partial charge on any atom is -0.618 e. The van der Waals surface area contributed by atoms with Crippen LogP contribution in [0.2, 0.25) is 0 Å². The van der Waals surface area contributed by atoms with Crippen LogP contribution in [-0.2, 0) is 0 Å². The normalized spacial score (nSPS) is 9.85. The molecule has 1 aromatic rings. The number of pyridine rings is 1. The molecule has 0 radical (unpaired) electrons. The SMILES string of the molecule is COc1cc(OC)c(C)[n+]([O-])c1C. The number of hydrogen-bond donors (Lipinski definition) is 0. The molecule has 0 aromatic carbocycles. The van der Waals surface area contributed by atoms with Gasteiger partial charge in [0.2, 0.25) is 11.4 Å². The minimum atomic E-state index is 0.539. The highest BCUT2D eigenvalue weighted by atomic mass is 16.5. The van der Waals surface area contributed by atoms with Crippen molar-refractivity contribution in [3.63, 3.8) is 0 Å². The lowest BCUT2D eigenvalue weighted by molar-refractivity contribution is -0.619. The fourth-order valence-electron chi connectivity index (χ4n) is 1.19. The molecular weight excluding hydrogens is 170 g/mol. The maximum Gasteiger partial charge on any atom is 0.232 e. The zero-order valence-electron chi connectivity index (χ0n) is 8.25. The molecule has 0 unspecified atom stereocenters. The predicted molar refractivity (Wildman–Crippen MR) is 48.0 cm³/mol. The first kappa shape index (κ1) is 9.64. The van der Waals surface area contributed by atoms with Gasteiger partial charge in [0.1, 0.15) is 0 Å². The van der Waals surface area contributed by atoms with Crippen LogP contribution in [0.15, 0.2) is 6.07 Å². The summed E-state index contributed by atoms with van der Waals surface area (Å²) in [6.45, 7) is 3.41. The van der Waals surface area contributed by atoms with Crippen LogP contribution >= 0.6 is 0 Å². The molecule has 4 heteroatoms. The second kappa shape index (κ2) is 3.51. The first-order chi connectivity index (χ1) is 6.11. The molecule has 0 atom stereocenters. The van der Waals surface area contributed by atoms with Crippen LogP contribution in [0.4, 0.5) is 0 Å². The van der Waals surface area contributed by atoms with Crippen molar-refractivity contribution in [2.75, 3.05) is 14.2 Å². The lowest BCUT2D eigenvalue weighted by Crippen LogP contribution is -2.34. The first-order valence-electron chi connectivity index (χ1n) is 3.93. The van der Waals surface area contributed by atoms with Gasteiger partial charge >= 0.3 is 0 Å². The Balaban J connectivity index is 3.36. The zero-order chi connectivity index (χ0) is 10.0. The second-order valence-corrected chi connectivity index (χ2v) is 2.75. The topological polar surface area (TPSA) is 45.4 Å². The second-order valence-electron chi connectivity index (χ2n) is 2.75. The van der Waals surface area contributed by atoms with E-state index in [0.29, 0.717) is 22.9 Å². The van der Waals surface area contributed by atoms with Crippen LogP contribution in [0.1, 0.15) is 11.4 Å². The summed E-state index contributed by atoms with van der Waals surface area (Å²) >= 11 is 0. The molecule has 0 aliphatic heterocycles. The van der Waals surface area contributed by atoms with E-state index in [4.69, 9.17) is 9.47 Å². The summed E-state index contributed by atoms with van der Waals surface area (Å²) in [7, 11) is 3.05.